The van der Waals surface area contributed by atoms with Crippen molar-refractivity contribution in [3.05, 3.63) is 46.3 Å². The second-order valence-electron chi connectivity index (χ2n) is 4.21. The molecule has 0 saturated carbocycles. The molecular formula is C12H11FN2O4. The highest BCUT2D eigenvalue weighted by atomic mass is 19.1. The lowest BCUT2D eigenvalue weighted by atomic mass is 10.1. The molecule has 0 aromatic heterocycles. The zero-order valence-corrected chi connectivity index (χ0v) is 9.75. The fourth-order valence-electron chi connectivity index (χ4n) is 2.01. The van der Waals surface area contributed by atoms with Crippen LogP contribution in [-0.4, -0.2) is 22.0 Å². The Morgan fingerprint density at radius 3 is 2.79 bits per heavy atom. The number of nitro benzene ring substituents is 1. The monoisotopic (exact) mass is 266 g/mol. The van der Waals surface area contributed by atoms with Gasteiger partial charge < -0.3 is 10.4 Å². The summed E-state index contributed by atoms with van der Waals surface area (Å²) in [6, 6.07) is 3.40. The predicted molar refractivity (Wildman–Crippen MR) is 65.3 cm³/mol. The van der Waals surface area contributed by atoms with Gasteiger partial charge in [-0.1, -0.05) is 18.2 Å². The molecule has 19 heavy (non-hydrogen) atoms. The molecule has 0 heterocycles. The van der Waals surface area contributed by atoms with Crippen LogP contribution in [0.3, 0.4) is 0 Å². The molecule has 0 aliphatic heterocycles. The van der Waals surface area contributed by atoms with Gasteiger partial charge in [0.25, 0.3) is 0 Å². The lowest BCUT2D eigenvalue weighted by Crippen LogP contribution is -2.19. The molecule has 0 spiro atoms. The van der Waals surface area contributed by atoms with Crippen molar-refractivity contribution >= 4 is 17.3 Å². The van der Waals surface area contributed by atoms with E-state index in [1.165, 1.54) is 18.2 Å². The molecule has 7 heteroatoms. The number of anilines is 1. The Bertz CT molecular complexity index is 559. The maximum Gasteiger partial charge on any atom is 0.327 e. The molecule has 2 unspecified atom stereocenters. The summed E-state index contributed by atoms with van der Waals surface area (Å²) in [4.78, 5) is 20.8. The molecular weight excluding hydrogens is 255 g/mol. The van der Waals surface area contributed by atoms with Gasteiger partial charge in [-0.25, -0.2) is 0 Å². The van der Waals surface area contributed by atoms with Gasteiger partial charge >= 0.3 is 11.7 Å². The second-order valence-corrected chi connectivity index (χ2v) is 4.21. The normalized spacial score (nSPS) is 21.3. The van der Waals surface area contributed by atoms with Gasteiger partial charge in [0, 0.05) is 6.04 Å². The molecule has 100 valence electrons. The van der Waals surface area contributed by atoms with Gasteiger partial charge in [0.15, 0.2) is 0 Å². The third-order valence-corrected chi connectivity index (χ3v) is 2.91. The Morgan fingerprint density at radius 2 is 2.21 bits per heavy atom. The number of hydrogen-bond donors (Lipinski definition) is 2. The Kier molecular flexibility index (Phi) is 3.46. The van der Waals surface area contributed by atoms with Crippen LogP contribution in [0.5, 0.6) is 0 Å². The second kappa shape index (κ2) is 5.05. The number of para-hydroxylation sites is 1. The topological polar surface area (TPSA) is 92.5 Å². The zero-order valence-electron chi connectivity index (χ0n) is 9.75. The molecule has 2 rings (SSSR count). The number of nitrogens with one attached hydrogen (secondary N) is 1. The van der Waals surface area contributed by atoms with Gasteiger partial charge in [0.1, 0.15) is 5.69 Å². The number of halogens is 1. The van der Waals surface area contributed by atoms with Crippen molar-refractivity contribution in [2.45, 2.75) is 12.5 Å². The van der Waals surface area contributed by atoms with Crippen molar-refractivity contribution in [3.63, 3.8) is 0 Å². The number of carbonyl (C=O) groups is 1. The van der Waals surface area contributed by atoms with Crippen LogP contribution < -0.4 is 5.32 Å². The first kappa shape index (κ1) is 13.0. The SMILES string of the molecule is O=C(O)C1C=CC(Nc2cccc(F)c2[N+](=O)[O-])C1. The summed E-state index contributed by atoms with van der Waals surface area (Å²) < 4.78 is 13.4. The molecule has 1 aliphatic carbocycles. The largest absolute Gasteiger partial charge is 0.481 e. The summed E-state index contributed by atoms with van der Waals surface area (Å²) in [5.41, 5.74) is -0.583. The summed E-state index contributed by atoms with van der Waals surface area (Å²) in [5, 5.41) is 22.4. The van der Waals surface area contributed by atoms with Crippen LogP contribution in [0.2, 0.25) is 0 Å². The van der Waals surface area contributed by atoms with Crippen molar-refractivity contribution in [3.8, 4) is 0 Å². The molecule has 1 aliphatic rings. The average molecular weight is 266 g/mol. The lowest BCUT2D eigenvalue weighted by molar-refractivity contribution is -0.386. The summed E-state index contributed by atoms with van der Waals surface area (Å²) in [5.74, 6) is -2.49. The summed E-state index contributed by atoms with van der Waals surface area (Å²) >= 11 is 0. The molecule has 0 amide bonds. The number of rotatable bonds is 4. The number of hydrogen-bond acceptors (Lipinski definition) is 4. The van der Waals surface area contributed by atoms with Gasteiger partial charge in [0.05, 0.1) is 10.8 Å². The van der Waals surface area contributed by atoms with Crippen LogP contribution in [0, 0.1) is 21.8 Å². The van der Waals surface area contributed by atoms with Crippen LogP contribution in [0.25, 0.3) is 0 Å². The van der Waals surface area contributed by atoms with Gasteiger partial charge in [-0.2, -0.15) is 4.39 Å². The highest BCUT2D eigenvalue weighted by Crippen LogP contribution is 2.30. The Morgan fingerprint density at radius 1 is 1.47 bits per heavy atom. The average Bonchev–Trinajstić information content (AvgIpc) is 2.77. The van der Waals surface area contributed by atoms with E-state index in [2.05, 4.69) is 5.32 Å². The minimum atomic E-state index is -0.950. The molecule has 2 atom stereocenters. The van der Waals surface area contributed by atoms with Crippen LogP contribution >= 0.6 is 0 Å². The first-order valence-corrected chi connectivity index (χ1v) is 5.59. The number of carboxylic acids is 1. The number of nitro groups is 1. The van der Waals surface area contributed by atoms with Crippen molar-refractivity contribution in [2.24, 2.45) is 5.92 Å². The maximum atomic E-state index is 13.4. The number of carboxylic acid groups (broad SMARTS) is 1. The van der Waals surface area contributed by atoms with Crippen LogP contribution in [0.1, 0.15) is 6.42 Å². The van der Waals surface area contributed by atoms with Crippen LogP contribution in [0.15, 0.2) is 30.4 Å². The summed E-state index contributed by atoms with van der Waals surface area (Å²) in [7, 11) is 0. The highest BCUT2D eigenvalue weighted by Gasteiger charge is 2.27. The molecule has 6 nitrogen and oxygen atoms in total. The third-order valence-electron chi connectivity index (χ3n) is 2.91. The predicted octanol–water partition coefficient (Wildman–Crippen LogP) is 2.18. The first-order chi connectivity index (χ1) is 8.99. The number of nitrogens with zero attached hydrogens (tertiary/aromatic N) is 1. The Hall–Kier alpha value is -2.44. The number of aliphatic carboxylic acids is 1. The van der Waals surface area contributed by atoms with E-state index in [0.29, 0.717) is 0 Å². The maximum absolute atomic E-state index is 13.4. The standard InChI is InChI=1S/C12H11FN2O4/c13-9-2-1-3-10(11(9)15(18)19)14-8-5-4-7(6-8)12(16)17/h1-5,7-8,14H,6H2,(H,16,17). The Balaban J connectivity index is 2.17. The minimum Gasteiger partial charge on any atom is -0.481 e. The number of benzene rings is 1. The minimum absolute atomic E-state index is 0.0469. The highest BCUT2D eigenvalue weighted by molar-refractivity contribution is 5.73. The van der Waals surface area contributed by atoms with Crippen molar-refractivity contribution < 1.29 is 19.2 Å². The van der Waals surface area contributed by atoms with E-state index in [4.69, 9.17) is 5.11 Å². The van der Waals surface area contributed by atoms with E-state index in [1.807, 2.05) is 0 Å². The van der Waals surface area contributed by atoms with E-state index in [-0.39, 0.29) is 18.2 Å². The molecule has 0 radical (unpaired) electrons. The van der Waals surface area contributed by atoms with Gasteiger partial charge in [-0.3, -0.25) is 14.9 Å². The first-order valence-electron chi connectivity index (χ1n) is 5.59. The Labute approximate surface area is 107 Å². The molecule has 1 aromatic rings. The third kappa shape index (κ3) is 2.70. The fraction of sp³-hybridized carbons (Fsp3) is 0.250. The smallest absolute Gasteiger partial charge is 0.327 e. The zero-order chi connectivity index (χ0) is 14.0. The molecule has 0 fully saturated rings. The lowest BCUT2D eigenvalue weighted by Gasteiger charge is -2.13. The van der Waals surface area contributed by atoms with Crippen molar-refractivity contribution in [1.29, 1.82) is 0 Å². The van der Waals surface area contributed by atoms with Crippen molar-refractivity contribution in [2.75, 3.05) is 5.32 Å². The van der Waals surface area contributed by atoms with Crippen LogP contribution in [0.4, 0.5) is 15.8 Å². The van der Waals surface area contributed by atoms with Gasteiger partial charge in [-0.05, 0) is 18.6 Å². The summed E-state index contributed by atoms with van der Waals surface area (Å²) in [6.07, 6.45) is 3.42. The molecule has 2 N–H and O–H groups in total. The van der Waals surface area contributed by atoms with Gasteiger partial charge in [-0.15, -0.1) is 0 Å². The van der Waals surface area contributed by atoms with Gasteiger partial charge in [0.2, 0.25) is 5.82 Å². The van der Waals surface area contributed by atoms with E-state index in [1.54, 1.807) is 6.08 Å². The van der Waals surface area contributed by atoms with Crippen molar-refractivity contribution in [1.82, 2.24) is 0 Å². The molecule has 0 bridgehead atoms. The van der Waals surface area contributed by atoms with E-state index < -0.39 is 28.3 Å². The quantitative estimate of drug-likeness (QED) is 0.495. The summed E-state index contributed by atoms with van der Waals surface area (Å²) in [6.45, 7) is 0. The van der Waals surface area contributed by atoms with E-state index in [0.717, 1.165) is 6.07 Å². The molecule has 1 aromatic carbocycles. The fourth-order valence-corrected chi connectivity index (χ4v) is 2.01. The van der Waals surface area contributed by atoms with E-state index in [9.17, 15) is 19.3 Å². The molecule has 0 saturated heterocycles. The van der Waals surface area contributed by atoms with E-state index >= 15 is 0 Å². The van der Waals surface area contributed by atoms with Crippen LogP contribution in [-0.2, 0) is 4.79 Å².